The number of nitrogens with zero attached hydrogens (tertiary/aromatic N) is 1. The lowest BCUT2D eigenvalue weighted by Gasteiger charge is -2.26. The molecule has 0 aromatic heterocycles. The van der Waals surface area contributed by atoms with Crippen LogP contribution in [0.15, 0.2) is 77.7 Å². The van der Waals surface area contributed by atoms with Crippen LogP contribution in [0.5, 0.6) is 0 Å². The first kappa shape index (κ1) is 21.6. The molecule has 3 rings (SSSR count). The average molecular weight is 423 g/mol. The van der Waals surface area contributed by atoms with Crippen LogP contribution in [-0.4, -0.2) is 20.9 Å². The highest BCUT2D eigenvalue weighted by Gasteiger charge is 2.28. The van der Waals surface area contributed by atoms with E-state index in [-0.39, 0.29) is 17.3 Å². The maximum absolute atomic E-state index is 13.4. The van der Waals surface area contributed by atoms with E-state index in [0.29, 0.717) is 12.2 Å². The van der Waals surface area contributed by atoms with Crippen LogP contribution >= 0.6 is 0 Å². The second-order valence-corrected chi connectivity index (χ2v) is 9.24. The molecule has 0 radical (unpaired) electrons. The van der Waals surface area contributed by atoms with Gasteiger partial charge in [-0.25, -0.2) is 8.42 Å². The van der Waals surface area contributed by atoms with Crippen LogP contribution < -0.4 is 9.62 Å². The molecule has 0 saturated heterocycles. The number of hydrogen-bond acceptors (Lipinski definition) is 3. The molecule has 0 unspecified atom stereocenters. The van der Waals surface area contributed by atoms with Gasteiger partial charge >= 0.3 is 0 Å². The zero-order chi connectivity index (χ0) is 21.7. The number of rotatable bonds is 7. The molecule has 0 aliphatic carbocycles. The van der Waals surface area contributed by atoms with E-state index in [0.717, 1.165) is 22.3 Å². The normalized spacial score (nSPS) is 11.2. The van der Waals surface area contributed by atoms with E-state index in [1.165, 1.54) is 16.4 Å². The quantitative estimate of drug-likeness (QED) is 0.623. The van der Waals surface area contributed by atoms with Gasteiger partial charge in [0.2, 0.25) is 5.91 Å². The van der Waals surface area contributed by atoms with E-state index in [1.807, 2.05) is 57.2 Å². The molecule has 0 bridgehead atoms. The number of benzene rings is 3. The van der Waals surface area contributed by atoms with Crippen molar-refractivity contribution in [2.75, 3.05) is 10.8 Å². The molecule has 30 heavy (non-hydrogen) atoms. The van der Waals surface area contributed by atoms with Crippen molar-refractivity contribution in [3.63, 3.8) is 0 Å². The SMILES string of the molecule is Cc1ccc(CNC(=O)CN(c2cc(C)ccc2C)S(=O)(=O)c2ccccc2)cc1. The van der Waals surface area contributed by atoms with Gasteiger partial charge < -0.3 is 5.32 Å². The first-order valence-electron chi connectivity index (χ1n) is 9.74. The van der Waals surface area contributed by atoms with Crippen molar-refractivity contribution in [1.82, 2.24) is 5.32 Å². The van der Waals surface area contributed by atoms with Crippen LogP contribution in [0.3, 0.4) is 0 Å². The third-order valence-corrected chi connectivity index (χ3v) is 6.64. The van der Waals surface area contributed by atoms with Gasteiger partial charge in [-0.3, -0.25) is 9.10 Å². The molecular formula is C24H26N2O3S. The minimum absolute atomic E-state index is 0.150. The molecule has 0 atom stereocenters. The first-order valence-corrected chi connectivity index (χ1v) is 11.2. The van der Waals surface area contributed by atoms with E-state index in [9.17, 15) is 13.2 Å². The Bertz CT molecular complexity index is 1120. The largest absolute Gasteiger partial charge is 0.350 e. The van der Waals surface area contributed by atoms with Crippen LogP contribution in [0, 0.1) is 20.8 Å². The Kier molecular flexibility index (Phi) is 6.57. The Labute approximate surface area is 178 Å². The number of anilines is 1. The monoisotopic (exact) mass is 422 g/mol. The summed E-state index contributed by atoms with van der Waals surface area (Å²) in [6.45, 7) is 5.78. The van der Waals surface area contributed by atoms with Crippen molar-refractivity contribution in [3.8, 4) is 0 Å². The van der Waals surface area contributed by atoms with Crippen molar-refractivity contribution in [2.45, 2.75) is 32.2 Å². The lowest BCUT2D eigenvalue weighted by Crippen LogP contribution is -2.41. The topological polar surface area (TPSA) is 66.5 Å². The fourth-order valence-electron chi connectivity index (χ4n) is 3.10. The van der Waals surface area contributed by atoms with Gasteiger partial charge in [0.05, 0.1) is 10.6 Å². The predicted octanol–water partition coefficient (Wildman–Crippen LogP) is 4.12. The minimum Gasteiger partial charge on any atom is -0.350 e. The van der Waals surface area contributed by atoms with Gasteiger partial charge in [0, 0.05) is 6.54 Å². The summed E-state index contributed by atoms with van der Waals surface area (Å²) < 4.78 is 28.0. The molecule has 156 valence electrons. The molecule has 0 saturated carbocycles. The number of carbonyl (C=O) groups excluding carboxylic acids is 1. The maximum atomic E-state index is 13.4. The Morgan fingerprint density at radius 2 is 1.50 bits per heavy atom. The number of carbonyl (C=O) groups is 1. The minimum atomic E-state index is -3.90. The molecule has 6 heteroatoms. The van der Waals surface area contributed by atoms with E-state index < -0.39 is 10.0 Å². The molecule has 0 heterocycles. The van der Waals surface area contributed by atoms with Gasteiger partial charge in [0.1, 0.15) is 6.54 Å². The summed E-state index contributed by atoms with van der Waals surface area (Å²) in [5, 5.41) is 2.83. The first-order chi connectivity index (χ1) is 14.3. The lowest BCUT2D eigenvalue weighted by molar-refractivity contribution is -0.119. The van der Waals surface area contributed by atoms with E-state index in [4.69, 9.17) is 0 Å². The maximum Gasteiger partial charge on any atom is 0.264 e. The Balaban J connectivity index is 1.89. The van der Waals surface area contributed by atoms with Gasteiger partial charge in [0.25, 0.3) is 10.0 Å². The number of sulfonamides is 1. The molecule has 1 amide bonds. The second kappa shape index (κ2) is 9.13. The lowest BCUT2D eigenvalue weighted by atomic mass is 10.1. The molecule has 3 aromatic carbocycles. The van der Waals surface area contributed by atoms with Crippen molar-refractivity contribution in [2.24, 2.45) is 0 Å². The van der Waals surface area contributed by atoms with Gasteiger partial charge in [-0.15, -0.1) is 0 Å². The summed E-state index contributed by atoms with van der Waals surface area (Å²) in [5.41, 5.74) is 4.30. The van der Waals surface area contributed by atoms with E-state index >= 15 is 0 Å². The van der Waals surface area contributed by atoms with Crippen LogP contribution in [-0.2, 0) is 21.4 Å². The number of hydrogen-bond donors (Lipinski definition) is 1. The summed E-state index contributed by atoms with van der Waals surface area (Å²) >= 11 is 0. The Morgan fingerprint density at radius 3 is 2.17 bits per heavy atom. The van der Waals surface area contributed by atoms with Crippen molar-refractivity contribution in [3.05, 3.63) is 95.1 Å². The highest BCUT2D eigenvalue weighted by Crippen LogP contribution is 2.27. The van der Waals surface area contributed by atoms with Crippen LogP contribution in [0.1, 0.15) is 22.3 Å². The number of amides is 1. The summed E-state index contributed by atoms with van der Waals surface area (Å²) in [6, 6.07) is 21.6. The zero-order valence-electron chi connectivity index (χ0n) is 17.4. The fourth-order valence-corrected chi connectivity index (χ4v) is 4.60. The fraction of sp³-hybridized carbons (Fsp3) is 0.208. The van der Waals surface area contributed by atoms with Gasteiger partial charge in [-0.2, -0.15) is 0 Å². The molecule has 0 aliphatic rings. The number of nitrogens with one attached hydrogen (secondary N) is 1. The third kappa shape index (κ3) is 5.07. The summed E-state index contributed by atoms with van der Waals surface area (Å²) in [7, 11) is -3.90. The average Bonchev–Trinajstić information content (AvgIpc) is 2.74. The Morgan fingerprint density at radius 1 is 0.867 bits per heavy atom. The van der Waals surface area contributed by atoms with E-state index in [2.05, 4.69) is 5.32 Å². The number of aryl methyl sites for hydroxylation is 3. The Hall–Kier alpha value is -3.12. The summed E-state index contributed by atoms with van der Waals surface area (Å²) in [5.74, 6) is -0.365. The molecule has 0 spiro atoms. The van der Waals surface area contributed by atoms with Crippen LogP contribution in [0.2, 0.25) is 0 Å². The van der Waals surface area contributed by atoms with E-state index in [1.54, 1.807) is 24.3 Å². The van der Waals surface area contributed by atoms with Crippen LogP contribution in [0.4, 0.5) is 5.69 Å². The molecular weight excluding hydrogens is 396 g/mol. The van der Waals surface area contributed by atoms with Gasteiger partial charge in [-0.05, 0) is 55.7 Å². The van der Waals surface area contributed by atoms with Crippen molar-refractivity contribution < 1.29 is 13.2 Å². The van der Waals surface area contributed by atoms with Gasteiger partial charge in [0.15, 0.2) is 0 Å². The summed E-state index contributed by atoms with van der Waals surface area (Å²) in [6.07, 6.45) is 0. The predicted molar refractivity (Wildman–Crippen MR) is 120 cm³/mol. The zero-order valence-corrected chi connectivity index (χ0v) is 18.2. The second-order valence-electron chi connectivity index (χ2n) is 7.38. The molecule has 0 aliphatic heterocycles. The smallest absolute Gasteiger partial charge is 0.264 e. The van der Waals surface area contributed by atoms with Crippen molar-refractivity contribution in [1.29, 1.82) is 0 Å². The summed E-state index contributed by atoms with van der Waals surface area (Å²) in [4.78, 5) is 12.9. The molecule has 0 fully saturated rings. The van der Waals surface area contributed by atoms with Crippen LogP contribution in [0.25, 0.3) is 0 Å². The highest BCUT2D eigenvalue weighted by atomic mass is 32.2. The van der Waals surface area contributed by atoms with Gasteiger partial charge in [-0.1, -0.05) is 60.2 Å². The van der Waals surface area contributed by atoms with Crippen molar-refractivity contribution >= 4 is 21.6 Å². The third-order valence-electron chi connectivity index (χ3n) is 4.86. The standard InChI is InChI=1S/C24H26N2O3S/c1-18-10-13-21(14-11-18)16-25-24(27)17-26(23-15-19(2)9-12-20(23)3)30(28,29)22-7-5-4-6-8-22/h4-15H,16-17H2,1-3H3,(H,25,27). The molecule has 5 nitrogen and oxygen atoms in total. The molecule has 3 aromatic rings. The molecule has 1 N–H and O–H groups in total. The highest BCUT2D eigenvalue weighted by molar-refractivity contribution is 7.92.